The SMILES string of the molecule is COc1cc(C)nc(CN[C@@H](C)c2cccc(-n3cccn3)c2)c1. The molecular weight excluding hydrogens is 300 g/mol. The van der Waals surface area contributed by atoms with E-state index < -0.39 is 0 Å². The Morgan fingerprint density at radius 3 is 2.83 bits per heavy atom. The van der Waals surface area contributed by atoms with Crippen molar-refractivity contribution >= 4 is 0 Å². The quantitative estimate of drug-likeness (QED) is 0.755. The minimum atomic E-state index is 0.203. The van der Waals surface area contributed by atoms with Gasteiger partial charge in [-0.1, -0.05) is 12.1 Å². The van der Waals surface area contributed by atoms with E-state index in [1.165, 1.54) is 5.56 Å². The number of methoxy groups -OCH3 is 1. The standard InChI is InChI=1S/C19H22N4O/c1-14-10-19(24-3)12-17(22-14)13-20-15(2)16-6-4-7-18(11-16)23-9-5-8-21-23/h4-12,15,20H,13H2,1-3H3/t15-/m0/s1. The molecule has 0 spiro atoms. The van der Waals surface area contributed by atoms with Gasteiger partial charge in [-0.05, 0) is 37.6 Å². The third kappa shape index (κ3) is 3.81. The first-order valence-corrected chi connectivity index (χ1v) is 8.00. The van der Waals surface area contributed by atoms with Gasteiger partial charge >= 0.3 is 0 Å². The number of nitrogens with one attached hydrogen (secondary N) is 1. The number of rotatable bonds is 6. The lowest BCUT2D eigenvalue weighted by atomic mass is 10.1. The molecule has 0 saturated carbocycles. The Hall–Kier alpha value is -2.66. The predicted molar refractivity (Wildman–Crippen MR) is 94.3 cm³/mol. The molecule has 2 aromatic heterocycles. The summed E-state index contributed by atoms with van der Waals surface area (Å²) < 4.78 is 7.17. The fraction of sp³-hybridized carbons (Fsp3) is 0.263. The van der Waals surface area contributed by atoms with Crippen molar-refractivity contribution in [3.8, 4) is 11.4 Å². The van der Waals surface area contributed by atoms with E-state index in [0.29, 0.717) is 6.54 Å². The zero-order valence-electron chi connectivity index (χ0n) is 14.2. The van der Waals surface area contributed by atoms with Crippen molar-refractivity contribution in [1.82, 2.24) is 20.1 Å². The number of aryl methyl sites for hydroxylation is 1. The Balaban J connectivity index is 1.70. The summed E-state index contributed by atoms with van der Waals surface area (Å²) in [6, 6.07) is 14.4. The molecule has 0 saturated heterocycles. The van der Waals surface area contributed by atoms with Crippen LogP contribution in [0.3, 0.4) is 0 Å². The minimum Gasteiger partial charge on any atom is -0.497 e. The number of ether oxygens (including phenoxy) is 1. The van der Waals surface area contributed by atoms with Crippen LogP contribution in [0.4, 0.5) is 0 Å². The van der Waals surface area contributed by atoms with Gasteiger partial charge in [-0.15, -0.1) is 0 Å². The average molecular weight is 322 g/mol. The molecule has 2 heterocycles. The van der Waals surface area contributed by atoms with Gasteiger partial charge in [0.15, 0.2) is 0 Å². The van der Waals surface area contributed by atoms with Crippen molar-refractivity contribution in [2.75, 3.05) is 7.11 Å². The Labute approximate surface area is 142 Å². The van der Waals surface area contributed by atoms with Crippen molar-refractivity contribution < 1.29 is 4.74 Å². The third-order valence-corrected chi connectivity index (χ3v) is 3.94. The Bertz CT molecular complexity index is 799. The van der Waals surface area contributed by atoms with Crippen LogP contribution in [0.15, 0.2) is 54.9 Å². The fourth-order valence-electron chi connectivity index (χ4n) is 2.64. The minimum absolute atomic E-state index is 0.203. The lowest BCUT2D eigenvalue weighted by molar-refractivity contribution is 0.412. The molecule has 124 valence electrons. The Morgan fingerprint density at radius 2 is 2.08 bits per heavy atom. The summed E-state index contributed by atoms with van der Waals surface area (Å²) in [5, 5.41) is 7.80. The van der Waals surface area contributed by atoms with Crippen LogP contribution in [-0.2, 0) is 6.54 Å². The van der Waals surface area contributed by atoms with Crippen LogP contribution in [0.1, 0.15) is 29.9 Å². The topological polar surface area (TPSA) is 52.0 Å². The molecule has 0 radical (unpaired) electrons. The van der Waals surface area contributed by atoms with Crippen LogP contribution in [0.5, 0.6) is 5.75 Å². The molecule has 1 N–H and O–H groups in total. The lowest BCUT2D eigenvalue weighted by Crippen LogP contribution is -2.19. The van der Waals surface area contributed by atoms with Crippen molar-refractivity contribution in [3.63, 3.8) is 0 Å². The second-order valence-electron chi connectivity index (χ2n) is 5.79. The number of aromatic nitrogens is 3. The number of hydrogen-bond donors (Lipinski definition) is 1. The molecule has 5 nitrogen and oxygen atoms in total. The van der Waals surface area contributed by atoms with Crippen LogP contribution in [0.2, 0.25) is 0 Å². The zero-order valence-corrected chi connectivity index (χ0v) is 14.2. The summed E-state index contributed by atoms with van der Waals surface area (Å²) in [5.74, 6) is 0.840. The summed E-state index contributed by atoms with van der Waals surface area (Å²) in [6.07, 6.45) is 3.73. The van der Waals surface area contributed by atoms with Crippen molar-refractivity contribution in [2.24, 2.45) is 0 Å². The lowest BCUT2D eigenvalue weighted by Gasteiger charge is -2.16. The van der Waals surface area contributed by atoms with Crippen LogP contribution < -0.4 is 10.1 Å². The van der Waals surface area contributed by atoms with E-state index in [1.807, 2.05) is 36.0 Å². The molecule has 3 rings (SSSR count). The van der Waals surface area contributed by atoms with Gasteiger partial charge in [0.25, 0.3) is 0 Å². The summed E-state index contributed by atoms with van der Waals surface area (Å²) in [4.78, 5) is 4.55. The van der Waals surface area contributed by atoms with E-state index >= 15 is 0 Å². The first-order chi connectivity index (χ1) is 11.7. The monoisotopic (exact) mass is 322 g/mol. The second kappa shape index (κ2) is 7.27. The Morgan fingerprint density at radius 1 is 1.21 bits per heavy atom. The predicted octanol–water partition coefficient (Wildman–Crippen LogP) is 3.44. The van der Waals surface area contributed by atoms with Crippen molar-refractivity contribution in [2.45, 2.75) is 26.4 Å². The largest absolute Gasteiger partial charge is 0.497 e. The highest BCUT2D eigenvalue weighted by Gasteiger charge is 2.08. The average Bonchev–Trinajstić information content (AvgIpc) is 3.14. The molecule has 3 aromatic rings. The fourth-order valence-corrected chi connectivity index (χ4v) is 2.64. The molecule has 0 aliphatic rings. The van der Waals surface area contributed by atoms with E-state index in [-0.39, 0.29) is 6.04 Å². The van der Waals surface area contributed by atoms with Crippen LogP contribution >= 0.6 is 0 Å². The van der Waals surface area contributed by atoms with Crippen LogP contribution in [0.25, 0.3) is 5.69 Å². The van der Waals surface area contributed by atoms with E-state index in [9.17, 15) is 0 Å². The second-order valence-corrected chi connectivity index (χ2v) is 5.79. The molecular formula is C19H22N4O. The van der Waals surface area contributed by atoms with Gasteiger partial charge < -0.3 is 10.1 Å². The first-order valence-electron chi connectivity index (χ1n) is 8.00. The van der Waals surface area contributed by atoms with Gasteiger partial charge in [0.1, 0.15) is 5.75 Å². The summed E-state index contributed by atoms with van der Waals surface area (Å²) >= 11 is 0. The highest BCUT2D eigenvalue weighted by atomic mass is 16.5. The molecule has 0 aliphatic carbocycles. The molecule has 1 aromatic carbocycles. The third-order valence-electron chi connectivity index (χ3n) is 3.94. The Kier molecular flexibility index (Phi) is 4.91. The molecule has 1 atom stereocenters. The first kappa shape index (κ1) is 16.2. The maximum Gasteiger partial charge on any atom is 0.122 e. The summed E-state index contributed by atoms with van der Waals surface area (Å²) in [5.41, 5.74) is 4.20. The smallest absolute Gasteiger partial charge is 0.122 e. The molecule has 0 amide bonds. The number of hydrogen-bond acceptors (Lipinski definition) is 4. The summed E-state index contributed by atoms with van der Waals surface area (Å²) in [7, 11) is 1.68. The highest BCUT2D eigenvalue weighted by molar-refractivity contribution is 5.36. The van der Waals surface area contributed by atoms with Crippen LogP contribution in [-0.4, -0.2) is 21.9 Å². The maximum absolute atomic E-state index is 5.31. The summed E-state index contributed by atoms with van der Waals surface area (Å²) in [6.45, 7) is 4.81. The highest BCUT2D eigenvalue weighted by Crippen LogP contribution is 2.18. The van der Waals surface area contributed by atoms with E-state index in [2.05, 4.69) is 46.6 Å². The van der Waals surface area contributed by atoms with Gasteiger partial charge in [0.05, 0.1) is 18.5 Å². The van der Waals surface area contributed by atoms with Crippen molar-refractivity contribution in [3.05, 3.63) is 71.8 Å². The molecule has 0 fully saturated rings. The van der Waals surface area contributed by atoms with Gasteiger partial charge in [-0.2, -0.15) is 5.10 Å². The van der Waals surface area contributed by atoms with E-state index in [4.69, 9.17) is 4.74 Å². The molecule has 5 heteroatoms. The number of nitrogens with zero attached hydrogens (tertiary/aromatic N) is 3. The molecule has 0 bridgehead atoms. The van der Waals surface area contributed by atoms with Crippen LogP contribution in [0, 0.1) is 6.92 Å². The molecule has 0 aliphatic heterocycles. The zero-order chi connectivity index (χ0) is 16.9. The number of benzene rings is 1. The van der Waals surface area contributed by atoms with E-state index in [0.717, 1.165) is 22.8 Å². The van der Waals surface area contributed by atoms with Gasteiger partial charge in [-0.25, -0.2) is 4.68 Å². The molecule has 24 heavy (non-hydrogen) atoms. The van der Waals surface area contributed by atoms with E-state index in [1.54, 1.807) is 13.3 Å². The molecule has 0 unspecified atom stereocenters. The number of pyridine rings is 1. The van der Waals surface area contributed by atoms with Crippen molar-refractivity contribution in [1.29, 1.82) is 0 Å². The van der Waals surface area contributed by atoms with Gasteiger partial charge in [0.2, 0.25) is 0 Å². The van der Waals surface area contributed by atoms with Gasteiger partial charge in [-0.3, -0.25) is 4.98 Å². The maximum atomic E-state index is 5.31. The van der Waals surface area contributed by atoms with Gasteiger partial charge in [0, 0.05) is 42.8 Å². The normalized spacial score (nSPS) is 12.1.